The second-order valence-electron chi connectivity index (χ2n) is 5.08. The molecule has 0 aromatic rings. The predicted octanol–water partition coefficient (Wildman–Crippen LogP) is -1.36. The molecule has 0 aromatic heterocycles. The van der Waals surface area contributed by atoms with Crippen LogP contribution in [0.1, 0.15) is 13.8 Å². The van der Waals surface area contributed by atoms with Crippen LogP contribution < -0.4 is 4.72 Å². The lowest BCUT2D eigenvalue weighted by molar-refractivity contribution is -0.157. The highest BCUT2D eigenvalue weighted by Crippen LogP contribution is 2.07. The third kappa shape index (κ3) is 6.26. The first-order valence-corrected chi connectivity index (χ1v) is 8.57. The molecule has 1 saturated heterocycles. The predicted molar refractivity (Wildman–Crippen MR) is 76.8 cm³/mol. The molecular formula is C12H22N2O7S. The van der Waals surface area contributed by atoms with Gasteiger partial charge in [0.05, 0.1) is 38.2 Å². The quantitative estimate of drug-likeness (QED) is 0.560. The van der Waals surface area contributed by atoms with E-state index >= 15 is 0 Å². The Balaban J connectivity index is 2.48. The van der Waals surface area contributed by atoms with Crippen LogP contribution in [0.25, 0.3) is 0 Å². The van der Waals surface area contributed by atoms with Crippen molar-refractivity contribution in [3.05, 3.63) is 0 Å². The summed E-state index contributed by atoms with van der Waals surface area (Å²) in [5.74, 6) is -2.03. The van der Waals surface area contributed by atoms with Gasteiger partial charge in [-0.25, -0.2) is 17.9 Å². The molecule has 2 N–H and O–H groups in total. The number of amides is 1. The Morgan fingerprint density at radius 1 is 1.45 bits per heavy atom. The van der Waals surface area contributed by atoms with Crippen LogP contribution in [0.5, 0.6) is 0 Å². The first kappa shape index (κ1) is 18.8. The number of aliphatic carboxylic acids is 1. The largest absolute Gasteiger partial charge is 0.480 e. The number of carboxylic acids is 1. The van der Waals surface area contributed by atoms with Crippen molar-refractivity contribution >= 4 is 21.9 Å². The number of carbonyl (C=O) groups is 2. The van der Waals surface area contributed by atoms with Crippen LogP contribution in [0.4, 0.5) is 0 Å². The second kappa shape index (κ2) is 8.42. The number of hydrogen-bond donors (Lipinski definition) is 2. The minimum Gasteiger partial charge on any atom is -0.480 e. The molecule has 0 aromatic carbocycles. The zero-order valence-corrected chi connectivity index (χ0v) is 13.5. The van der Waals surface area contributed by atoms with Gasteiger partial charge in [-0.15, -0.1) is 0 Å². The number of nitrogens with zero attached hydrogens (tertiary/aromatic N) is 1. The van der Waals surface area contributed by atoms with Crippen molar-refractivity contribution < 1.29 is 32.6 Å². The van der Waals surface area contributed by atoms with E-state index in [9.17, 15) is 18.0 Å². The van der Waals surface area contributed by atoms with Crippen molar-refractivity contribution in [2.24, 2.45) is 0 Å². The summed E-state index contributed by atoms with van der Waals surface area (Å²) in [7, 11) is -3.65. The van der Waals surface area contributed by atoms with E-state index in [0.717, 1.165) is 4.90 Å². The molecule has 0 bridgehead atoms. The topological polar surface area (TPSA) is 122 Å². The monoisotopic (exact) mass is 338 g/mol. The summed E-state index contributed by atoms with van der Waals surface area (Å²) in [6.45, 7) is 3.36. The van der Waals surface area contributed by atoms with Gasteiger partial charge >= 0.3 is 5.97 Å². The van der Waals surface area contributed by atoms with Crippen molar-refractivity contribution in [1.29, 1.82) is 0 Å². The van der Waals surface area contributed by atoms with E-state index in [2.05, 4.69) is 4.72 Å². The molecule has 0 saturated carbocycles. The van der Waals surface area contributed by atoms with E-state index in [0.29, 0.717) is 0 Å². The van der Waals surface area contributed by atoms with Crippen molar-refractivity contribution in [2.75, 3.05) is 38.7 Å². The lowest BCUT2D eigenvalue weighted by Gasteiger charge is -2.32. The van der Waals surface area contributed by atoms with Gasteiger partial charge in [-0.3, -0.25) is 4.79 Å². The van der Waals surface area contributed by atoms with E-state index < -0.39 is 34.5 Å². The molecule has 0 radical (unpaired) electrons. The standard InChI is InChI=1S/C12H22N2O7S/c1-9(2)21-5-6-22(18,19)13-7-11(15)14-3-4-20-8-10(14)12(16)17/h9-10,13H,3-8H2,1-2H3,(H,16,17). The van der Waals surface area contributed by atoms with Crippen LogP contribution in [-0.2, 0) is 29.1 Å². The highest BCUT2D eigenvalue weighted by Gasteiger charge is 2.32. The molecule has 1 rings (SSSR count). The third-order valence-electron chi connectivity index (χ3n) is 2.98. The maximum absolute atomic E-state index is 12.0. The molecule has 1 aliphatic heterocycles. The number of carbonyl (C=O) groups excluding carboxylic acids is 1. The molecule has 1 unspecified atom stereocenters. The summed E-state index contributed by atoms with van der Waals surface area (Å²) >= 11 is 0. The summed E-state index contributed by atoms with van der Waals surface area (Å²) < 4.78 is 35.7. The van der Waals surface area contributed by atoms with E-state index in [1.165, 1.54) is 0 Å². The molecule has 0 aliphatic carbocycles. The fourth-order valence-corrected chi connectivity index (χ4v) is 2.65. The van der Waals surface area contributed by atoms with Crippen LogP contribution in [0.3, 0.4) is 0 Å². The van der Waals surface area contributed by atoms with Crippen LogP contribution in [0.15, 0.2) is 0 Å². The average molecular weight is 338 g/mol. The average Bonchev–Trinajstić information content (AvgIpc) is 2.44. The highest BCUT2D eigenvalue weighted by atomic mass is 32.2. The molecule has 1 atom stereocenters. The molecule has 9 nitrogen and oxygen atoms in total. The lowest BCUT2D eigenvalue weighted by Crippen LogP contribution is -2.55. The molecule has 1 heterocycles. The van der Waals surface area contributed by atoms with Gasteiger partial charge < -0.3 is 19.5 Å². The van der Waals surface area contributed by atoms with Crippen molar-refractivity contribution in [2.45, 2.75) is 26.0 Å². The van der Waals surface area contributed by atoms with E-state index in [1.54, 1.807) is 13.8 Å². The fraction of sp³-hybridized carbons (Fsp3) is 0.833. The zero-order chi connectivity index (χ0) is 16.8. The molecule has 10 heteroatoms. The molecule has 1 fully saturated rings. The van der Waals surface area contributed by atoms with E-state index in [4.69, 9.17) is 14.6 Å². The Kier molecular flexibility index (Phi) is 7.20. The van der Waals surface area contributed by atoms with Crippen LogP contribution in [0, 0.1) is 0 Å². The van der Waals surface area contributed by atoms with Crippen molar-refractivity contribution in [1.82, 2.24) is 9.62 Å². The smallest absolute Gasteiger partial charge is 0.328 e. The third-order valence-corrected chi connectivity index (χ3v) is 4.27. The summed E-state index contributed by atoms with van der Waals surface area (Å²) in [6, 6.07) is -1.09. The Morgan fingerprint density at radius 3 is 2.73 bits per heavy atom. The van der Waals surface area contributed by atoms with Gasteiger partial charge in [0.25, 0.3) is 0 Å². The number of hydrogen-bond acceptors (Lipinski definition) is 6. The summed E-state index contributed by atoms with van der Waals surface area (Å²) in [4.78, 5) is 24.1. The first-order chi connectivity index (χ1) is 10.2. The first-order valence-electron chi connectivity index (χ1n) is 6.92. The minimum absolute atomic E-state index is 0.0243. The van der Waals surface area contributed by atoms with Gasteiger partial charge in [-0.2, -0.15) is 0 Å². The van der Waals surface area contributed by atoms with E-state index in [1.807, 2.05) is 0 Å². The van der Waals surface area contributed by atoms with Gasteiger partial charge in [0.1, 0.15) is 0 Å². The molecular weight excluding hydrogens is 316 g/mol. The number of morpholine rings is 1. The second-order valence-corrected chi connectivity index (χ2v) is 7.00. The Labute approximate surface area is 129 Å². The molecule has 1 amide bonds. The minimum atomic E-state index is -3.65. The Hall–Kier alpha value is -1.23. The van der Waals surface area contributed by atoms with Gasteiger partial charge in [0, 0.05) is 6.54 Å². The number of ether oxygens (including phenoxy) is 2. The number of sulfonamides is 1. The molecule has 22 heavy (non-hydrogen) atoms. The maximum atomic E-state index is 12.0. The van der Waals surface area contributed by atoms with Gasteiger partial charge in [-0.05, 0) is 13.8 Å². The van der Waals surface area contributed by atoms with Crippen molar-refractivity contribution in [3.8, 4) is 0 Å². The lowest BCUT2D eigenvalue weighted by atomic mass is 10.2. The molecule has 128 valence electrons. The van der Waals surface area contributed by atoms with Gasteiger partial charge in [0.2, 0.25) is 15.9 Å². The van der Waals surface area contributed by atoms with Gasteiger partial charge in [-0.1, -0.05) is 0 Å². The number of nitrogens with one attached hydrogen (secondary N) is 1. The van der Waals surface area contributed by atoms with Crippen LogP contribution in [0.2, 0.25) is 0 Å². The Morgan fingerprint density at radius 2 is 2.14 bits per heavy atom. The molecule has 0 spiro atoms. The molecule has 1 aliphatic rings. The van der Waals surface area contributed by atoms with Gasteiger partial charge in [0.15, 0.2) is 6.04 Å². The highest BCUT2D eigenvalue weighted by molar-refractivity contribution is 7.89. The van der Waals surface area contributed by atoms with Crippen molar-refractivity contribution in [3.63, 3.8) is 0 Å². The normalized spacial score (nSPS) is 19.4. The fourth-order valence-electron chi connectivity index (χ4n) is 1.85. The Bertz CT molecular complexity index is 492. The van der Waals surface area contributed by atoms with Crippen LogP contribution in [-0.4, -0.2) is 81.1 Å². The zero-order valence-electron chi connectivity index (χ0n) is 12.6. The number of carboxylic acid groups (broad SMARTS) is 1. The van der Waals surface area contributed by atoms with E-state index in [-0.39, 0.29) is 38.2 Å². The summed E-state index contributed by atoms with van der Waals surface area (Å²) in [6.07, 6.45) is -0.0819. The summed E-state index contributed by atoms with van der Waals surface area (Å²) in [5, 5.41) is 9.02. The maximum Gasteiger partial charge on any atom is 0.328 e. The number of rotatable bonds is 8. The summed E-state index contributed by atoms with van der Waals surface area (Å²) in [5.41, 5.74) is 0. The van der Waals surface area contributed by atoms with Crippen LogP contribution >= 0.6 is 0 Å². The SMILES string of the molecule is CC(C)OCCS(=O)(=O)NCC(=O)N1CCOCC1C(=O)O.